The molecule has 0 atom stereocenters. The first-order chi connectivity index (χ1) is 16.2. The molecule has 1 aliphatic rings. The average Bonchev–Trinajstić information content (AvgIpc) is 3.51. The van der Waals surface area contributed by atoms with Crippen molar-refractivity contribution in [1.82, 2.24) is 9.97 Å². The number of hydrogen-bond acceptors (Lipinski definition) is 8. The Labute approximate surface area is 203 Å². The minimum atomic E-state index is -0.223. The highest BCUT2D eigenvalue weighted by Crippen LogP contribution is 2.40. The maximum absolute atomic E-state index is 12.7. The van der Waals surface area contributed by atoms with Crippen LogP contribution in [0.25, 0.3) is 21.5 Å². The Bertz CT molecular complexity index is 1280. The Morgan fingerprint density at radius 2 is 1.97 bits per heavy atom. The van der Waals surface area contributed by atoms with E-state index in [9.17, 15) is 4.79 Å². The zero-order valence-corrected chi connectivity index (χ0v) is 20.2. The number of benzene rings is 2. The third-order valence-electron chi connectivity index (χ3n) is 5.37. The van der Waals surface area contributed by atoms with Gasteiger partial charge in [0.1, 0.15) is 11.3 Å². The van der Waals surface area contributed by atoms with Crippen molar-refractivity contribution >= 4 is 60.7 Å². The predicted molar refractivity (Wildman–Crippen MR) is 134 cm³/mol. The zero-order chi connectivity index (χ0) is 22.8. The SMILES string of the molecule is COc1ccc(-c2csc(N3CCOCC3)n2)c2sc(NC(=O)c3ccc(CCl)cc3)nc12. The Balaban J connectivity index is 1.46. The van der Waals surface area contributed by atoms with E-state index < -0.39 is 0 Å². The first kappa shape index (κ1) is 22.1. The third kappa shape index (κ3) is 4.54. The van der Waals surface area contributed by atoms with E-state index in [2.05, 4.69) is 20.6 Å². The lowest BCUT2D eigenvalue weighted by Crippen LogP contribution is -2.36. The highest BCUT2D eigenvalue weighted by molar-refractivity contribution is 7.23. The molecule has 0 radical (unpaired) electrons. The van der Waals surface area contributed by atoms with Gasteiger partial charge < -0.3 is 14.4 Å². The van der Waals surface area contributed by atoms with Gasteiger partial charge in [-0.1, -0.05) is 23.5 Å². The molecular weight excluding hydrogens is 480 g/mol. The summed E-state index contributed by atoms with van der Waals surface area (Å²) >= 11 is 8.87. The van der Waals surface area contributed by atoms with E-state index in [1.807, 2.05) is 24.3 Å². The van der Waals surface area contributed by atoms with E-state index in [1.54, 1.807) is 30.6 Å². The van der Waals surface area contributed by atoms with Crippen LogP contribution >= 0.6 is 34.3 Å². The summed E-state index contributed by atoms with van der Waals surface area (Å²) < 4.78 is 11.9. The number of hydrogen-bond donors (Lipinski definition) is 1. The van der Waals surface area contributed by atoms with Crippen LogP contribution in [-0.4, -0.2) is 49.3 Å². The van der Waals surface area contributed by atoms with Crippen LogP contribution in [0, 0.1) is 0 Å². The van der Waals surface area contributed by atoms with Crippen LogP contribution in [0.1, 0.15) is 15.9 Å². The number of ether oxygens (including phenoxy) is 2. The Hall–Kier alpha value is -2.72. The number of fused-ring (bicyclic) bond motifs is 1. The van der Waals surface area contributed by atoms with Crippen LogP contribution in [-0.2, 0) is 10.6 Å². The summed E-state index contributed by atoms with van der Waals surface area (Å²) in [5.74, 6) is 0.839. The molecule has 1 amide bonds. The molecule has 170 valence electrons. The van der Waals surface area contributed by atoms with E-state index >= 15 is 0 Å². The van der Waals surface area contributed by atoms with Gasteiger partial charge in [0.15, 0.2) is 10.3 Å². The summed E-state index contributed by atoms with van der Waals surface area (Å²) in [4.78, 5) is 24.5. The van der Waals surface area contributed by atoms with Crippen molar-refractivity contribution in [2.24, 2.45) is 0 Å². The Kier molecular flexibility index (Phi) is 6.45. The standard InChI is InChI=1S/C23H21ClN4O3S2/c1-30-18-7-6-16(17-13-32-23(25-17)28-8-10-31-11-9-28)20-19(18)26-22(33-20)27-21(29)15-4-2-14(12-24)3-5-15/h2-7,13H,8-12H2,1H3,(H,26,27,29). The molecule has 2 aromatic carbocycles. The van der Waals surface area contributed by atoms with Crippen molar-refractivity contribution in [3.8, 4) is 17.0 Å². The maximum atomic E-state index is 12.7. The first-order valence-electron chi connectivity index (χ1n) is 10.4. The van der Waals surface area contributed by atoms with Crippen molar-refractivity contribution < 1.29 is 14.3 Å². The molecule has 3 heterocycles. The minimum absolute atomic E-state index is 0.223. The summed E-state index contributed by atoms with van der Waals surface area (Å²) in [5, 5.41) is 6.46. The monoisotopic (exact) mass is 500 g/mol. The normalized spacial score (nSPS) is 13.9. The van der Waals surface area contributed by atoms with Gasteiger partial charge in [-0.15, -0.1) is 22.9 Å². The van der Waals surface area contributed by atoms with Gasteiger partial charge in [0.05, 0.1) is 30.7 Å². The fourth-order valence-corrected chi connectivity index (χ4v) is 5.66. The minimum Gasteiger partial charge on any atom is -0.494 e. The molecule has 0 bridgehead atoms. The highest BCUT2D eigenvalue weighted by atomic mass is 35.5. The van der Waals surface area contributed by atoms with E-state index in [-0.39, 0.29) is 5.91 Å². The smallest absolute Gasteiger partial charge is 0.257 e. The van der Waals surface area contributed by atoms with E-state index in [1.165, 1.54) is 11.3 Å². The second kappa shape index (κ2) is 9.64. The lowest BCUT2D eigenvalue weighted by atomic mass is 10.1. The van der Waals surface area contributed by atoms with Gasteiger partial charge in [-0.2, -0.15) is 0 Å². The molecule has 7 nitrogen and oxygen atoms in total. The fraction of sp³-hybridized carbons (Fsp3) is 0.261. The predicted octanol–water partition coefficient (Wildman–Crippen LogP) is 5.26. The van der Waals surface area contributed by atoms with Crippen LogP contribution < -0.4 is 15.0 Å². The number of anilines is 2. The van der Waals surface area contributed by atoms with E-state index in [4.69, 9.17) is 26.1 Å². The summed E-state index contributed by atoms with van der Waals surface area (Å²) in [6.07, 6.45) is 0. The van der Waals surface area contributed by atoms with Gasteiger partial charge in [-0.05, 0) is 29.8 Å². The molecule has 33 heavy (non-hydrogen) atoms. The lowest BCUT2D eigenvalue weighted by Gasteiger charge is -2.26. The molecule has 0 aliphatic carbocycles. The number of thiazole rings is 2. The number of carbonyl (C=O) groups excluding carboxylic acids is 1. The molecule has 1 N–H and O–H groups in total. The number of alkyl halides is 1. The third-order valence-corrected chi connectivity index (χ3v) is 7.58. The molecule has 4 aromatic rings. The largest absolute Gasteiger partial charge is 0.494 e. The molecule has 1 saturated heterocycles. The van der Waals surface area contributed by atoms with Gasteiger partial charge in [0.25, 0.3) is 5.91 Å². The number of aromatic nitrogens is 2. The van der Waals surface area contributed by atoms with Gasteiger partial charge in [0, 0.05) is 35.5 Å². The first-order valence-corrected chi connectivity index (χ1v) is 12.6. The number of rotatable bonds is 6. The van der Waals surface area contributed by atoms with Crippen LogP contribution in [0.2, 0.25) is 0 Å². The number of amides is 1. The summed E-state index contributed by atoms with van der Waals surface area (Å²) in [6, 6.07) is 11.1. The maximum Gasteiger partial charge on any atom is 0.257 e. The van der Waals surface area contributed by atoms with Crippen molar-refractivity contribution in [3.05, 3.63) is 52.9 Å². The second-order valence-electron chi connectivity index (χ2n) is 7.41. The van der Waals surface area contributed by atoms with Crippen molar-refractivity contribution in [2.45, 2.75) is 5.88 Å². The summed E-state index contributed by atoms with van der Waals surface area (Å²) in [6.45, 7) is 3.11. The average molecular weight is 501 g/mol. The van der Waals surface area contributed by atoms with E-state index in [0.717, 1.165) is 39.7 Å². The quantitative estimate of drug-likeness (QED) is 0.364. The van der Waals surface area contributed by atoms with Gasteiger partial charge in [-0.3, -0.25) is 10.1 Å². The van der Waals surface area contributed by atoms with Crippen molar-refractivity contribution in [2.75, 3.05) is 43.6 Å². The molecule has 10 heteroatoms. The molecular formula is C23H21ClN4O3S2. The van der Waals surface area contributed by atoms with Crippen molar-refractivity contribution in [1.29, 1.82) is 0 Å². The highest BCUT2D eigenvalue weighted by Gasteiger charge is 2.20. The Morgan fingerprint density at radius 3 is 2.70 bits per heavy atom. The number of halogens is 1. The number of morpholine rings is 1. The number of nitrogens with one attached hydrogen (secondary N) is 1. The van der Waals surface area contributed by atoms with Crippen molar-refractivity contribution in [3.63, 3.8) is 0 Å². The topological polar surface area (TPSA) is 76.6 Å². The zero-order valence-electron chi connectivity index (χ0n) is 17.8. The molecule has 1 aliphatic heterocycles. The summed E-state index contributed by atoms with van der Waals surface area (Å²) in [5.41, 5.74) is 4.05. The van der Waals surface area contributed by atoms with Crippen LogP contribution in [0.4, 0.5) is 10.3 Å². The number of methoxy groups -OCH3 is 1. The second-order valence-corrected chi connectivity index (χ2v) is 9.51. The molecule has 1 fully saturated rings. The van der Waals surface area contributed by atoms with Crippen LogP contribution in [0.15, 0.2) is 41.8 Å². The molecule has 0 unspecified atom stereocenters. The molecule has 0 spiro atoms. The lowest BCUT2D eigenvalue weighted by molar-refractivity contribution is 0.102. The van der Waals surface area contributed by atoms with Crippen LogP contribution in [0.3, 0.4) is 0 Å². The van der Waals surface area contributed by atoms with Gasteiger partial charge >= 0.3 is 0 Å². The Morgan fingerprint density at radius 1 is 1.18 bits per heavy atom. The fourth-order valence-electron chi connectivity index (χ4n) is 3.61. The molecule has 2 aromatic heterocycles. The number of nitrogens with zero attached hydrogens (tertiary/aromatic N) is 3. The number of carbonyl (C=O) groups is 1. The van der Waals surface area contributed by atoms with Crippen LogP contribution in [0.5, 0.6) is 5.75 Å². The molecule has 5 rings (SSSR count). The molecule has 0 saturated carbocycles. The van der Waals surface area contributed by atoms with E-state index in [0.29, 0.717) is 41.1 Å². The van der Waals surface area contributed by atoms with Gasteiger partial charge in [-0.25, -0.2) is 9.97 Å². The summed E-state index contributed by atoms with van der Waals surface area (Å²) in [7, 11) is 1.61. The van der Waals surface area contributed by atoms with Gasteiger partial charge in [0.2, 0.25) is 0 Å².